The highest BCUT2D eigenvalue weighted by Gasteiger charge is 2.22. The van der Waals surface area contributed by atoms with Crippen LogP contribution < -0.4 is 5.32 Å². The first kappa shape index (κ1) is 18.9. The Morgan fingerprint density at radius 3 is 2.48 bits per heavy atom. The summed E-state index contributed by atoms with van der Waals surface area (Å²) < 4.78 is 17.0. The van der Waals surface area contributed by atoms with Gasteiger partial charge < -0.3 is 10.1 Å². The molecule has 0 aromatic heterocycles. The van der Waals surface area contributed by atoms with Gasteiger partial charge in [0.2, 0.25) is 0 Å². The molecular weight excluding hydrogens is 338 g/mol. The average Bonchev–Trinajstić information content (AvgIpc) is 2.57. The van der Waals surface area contributed by atoms with Crippen LogP contribution in [0.15, 0.2) is 47.4 Å². The quantitative estimate of drug-likeness (QED) is 0.832. The maximum atomic E-state index is 12.3. The molecule has 2 atom stereocenters. The zero-order chi connectivity index (χ0) is 18.6. The van der Waals surface area contributed by atoms with Crippen molar-refractivity contribution in [3.63, 3.8) is 0 Å². The van der Waals surface area contributed by atoms with E-state index in [2.05, 4.69) is 5.32 Å². The zero-order valence-electron chi connectivity index (χ0n) is 14.7. The van der Waals surface area contributed by atoms with E-state index in [1.165, 1.54) is 19.2 Å². The highest BCUT2D eigenvalue weighted by atomic mass is 32.2. The molecule has 2 rings (SSSR count). The van der Waals surface area contributed by atoms with Gasteiger partial charge in [0.15, 0.2) is 6.10 Å². The van der Waals surface area contributed by atoms with Gasteiger partial charge in [-0.15, -0.1) is 0 Å². The number of carbonyl (C=O) groups excluding carboxylic acids is 2. The van der Waals surface area contributed by atoms with Gasteiger partial charge in [-0.3, -0.25) is 9.00 Å². The first-order chi connectivity index (χ1) is 11.8. The van der Waals surface area contributed by atoms with Gasteiger partial charge in [-0.1, -0.05) is 24.3 Å². The second kappa shape index (κ2) is 8.07. The third-order valence-corrected chi connectivity index (χ3v) is 4.70. The van der Waals surface area contributed by atoms with Crippen LogP contribution in [0.25, 0.3) is 0 Å². The van der Waals surface area contributed by atoms with Gasteiger partial charge in [0.1, 0.15) is 0 Å². The molecule has 1 amide bonds. The van der Waals surface area contributed by atoms with E-state index in [4.69, 9.17) is 4.74 Å². The number of esters is 1. The third-order valence-electron chi connectivity index (χ3n) is 3.72. The topological polar surface area (TPSA) is 72.5 Å². The highest BCUT2D eigenvalue weighted by molar-refractivity contribution is 7.84. The van der Waals surface area contributed by atoms with Crippen molar-refractivity contribution in [2.75, 3.05) is 11.6 Å². The predicted molar refractivity (Wildman–Crippen MR) is 98.2 cm³/mol. The SMILES string of the molecule is Cc1ccc(C)c(NC(=O)[C@H](C)OC(=O)c2ccccc2[S@@](C)=O)c1. The first-order valence-electron chi connectivity index (χ1n) is 7.81. The molecule has 0 saturated carbocycles. The molecule has 0 heterocycles. The van der Waals surface area contributed by atoms with Crippen LogP contribution in [-0.4, -0.2) is 28.4 Å². The average molecular weight is 359 g/mol. The maximum absolute atomic E-state index is 12.3. The summed E-state index contributed by atoms with van der Waals surface area (Å²) in [5.74, 6) is -1.09. The Morgan fingerprint density at radius 2 is 1.80 bits per heavy atom. The summed E-state index contributed by atoms with van der Waals surface area (Å²) >= 11 is 0. The number of rotatable bonds is 5. The summed E-state index contributed by atoms with van der Waals surface area (Å²) in [7, 11) is -1.33. The zero-order valence-corrected chi connectivity index (χ0v) is 15.5. The maximum Gasteiger partial charge on any atom is 0.340 e. The van der Waals surface area contributed by atoms with E-state index in [1.54, 1.807) is 18.2 Å². The minimum Gasteiger partial charge on any atom is -0.449 e. The molecule has 0 radical (unpaired) electrons. The largest absolute Gasteiger partial charge is 0.449 e. The second-order valence-electron chi connectivity index (χ2n) is 5.81. The van der Waals surface area contributed by atoms with Crippen LogP contribution in [0.2, 0.25) is 0 Å². The highest BCUT2D eigenvalue weighted by Crippen LogP contribution is 2.18. The smallest absolute Gasteiger partial charge is 0.340 e. The summed E-state index contributed by atoms with van der Waals surface area (Å²) in [6, 6.07) is 12.2. The molecule has 0 fully saturated rings. The number of nitrogens with one attached hydrogen (secondary N) is 1. The summed E-state index contributed by atoms with van der Waals surface area (Å²) in [6.45, 7) is 5.32. The van der Waals surface area contributed by atoms with E-state index >= 15 is 0 Å². The number of aryl methyl sites for hydroxylation is 2. The monoisotopic (exact) mass is 359 g/mol. The van der Waals surface area contributed by atoms with Crippen molar-refractivity contribution >= 4 is 28.4 Å². The molecule has 1 N–H and O–H groups in total. The minimum absolute atomic E-state index is 0.203. The van der Waals surface area contributed by atoms with Crippen molar-refractivity contribution < 1.29 is 18.5 Å². The Morgan fingerprint density at radius 1 is 1.12 bits per heavy atom. The minimum atomic E-state index is -1.33. The molecule has 0 aliphatic heterocycles. The molecule has 2 aromatic carbocycles. The van der Waals surface area contributed by atoms with Gasteiger partial charge in [0.05, 0.1) is 21.3 Å². The summed E-state index contributed by atoms with van der Waals surface area (Å²) in [5, 5.41) is 2.77. The fourth-order valence-corrected chi connectivity index (χ4v) is 3.00. The molecule has 6 heteroatoms. The number of ether oxygens (including phenoxy) is 1. The predicted octanol–water partition coefficient (Wildman–Crippen LogP) is 3.22. The molecule has 2 aromatic rings. The van der Waals surface area contributed by atoms with Gasteiger partial charge in [-0.2, -0.15) is 0 Å². The number of benzene rings is 2. The van der Waals surface area contributed by atoms with Crippen LogP contribution in [0, 0.1) is 13.8 Å². The number of carbonyl (C=O) groups is 2. The Bertz CT molecular complexity index is 832. The van der Waals surface area contributed by atoms with E-state index in [-0.39, 0.29) is 5.56 Å². The lowest BCUT2D eigenvalue weighted by Gasteiger charge is -2.16. The van der Waals surface area contributed by atoms with Crippen LogP contribution in [-0.2, 0) is 20.3 Å². The van der Waals surface area contributed by atoms with Crippen molar-refractivity contribution in [2.45, 2.75) is 31.8 Å². The van der Waals surface area contributed by atoms with E-state index in [0.717, 1.165) is 11.1 Å². The van der Waals surface area contributed by atoms with Crippen molar-refractivity contribution in [2.24, 2.45) is 0 Å². The van der Waals surface area contributed by atoms with E-state index in [1.807, 2.05) is 32.0 Å². The molecule has 25 heavy (non-hydrogen) atoms. The summed E-state index contributed by atoms with van der Waals surface area (Å²) in [6.07, 6.45) is 0.508. The standard InChI is InChI=1S/C19H21NO4S/c1-12-9-10-13(2)16(11-12)20-18(21)14(3)24-19(22)15-7-5-6-8-17(15)25(4)23/h5-11,14H,1-4H3,(H,20,21)/t14-,25+/m0/s1. The first-order valence-corrected chi connectivity index (χ1v) is 9.37. The van der Waals surface area contributed by atoms with Crippen LogP contribution in [0.5, 0.6) is 0 Å². The Balaban J connectivity index is 2.10. The summed E-state index contributed by atoms with van der Waals surface area (Å²) in [5.41, 5.74) is 2.83. The normalized spacial score (nSPS) is 13.0. The van der Waals surface area contributed by atoms with Gasteiger partial charge in [-0.25, -0.2) is 4.79 Å². The Kier molecular flexibility index (Phi) is 6.09. The molecule has 0 saturated heterocycles. The fourth-order valence-electron chi connectivity index (χ4n) is 2.27. The van der Waals surface area contributed by atoms with Gasteiger partial charge >= 0.3 is 5.97 Å². The molecule has 0 aliphatic carbocycles. The van der Waals surface area contributed by atoms with Crippen molar-refractivity contribution in [3.05, 3.63) is 59.2 Å². The number of hydrogen-bond donors (Lipinski definition) is 1. The van der Waals surface area contributed by atoms with Gasteiger partial charge in [0, 0.05) is 11.9 Å². The van der Waals surface area contributed by atoms with Crippen molar-refractivity contribution in [1.82, 2.24) is 0 Å². The number of amides is 1. The molecule has 0 unspecified atom stereocenters. The number of anilines is 1. The Hall–Kier alpha value is -2.47. The van der Waals surface area contributed by atoms with Gasteiger partial charge in [0.25, 0.3) is 5.91 Å². The molecule has 5 nitrogen and oxygen atoms in total. The lowest BCUT2D eigenvalue weighted by atomic mass is 10.1. The Labute approximate surface area is 149 Å². The molecule has 132 valence electrons. The molecule has 0 spiro atoms. The van der Waals surface area contributed by atoms with Crippen LogP contribution in [0.3, 0.4) is 0 Å². The van der Waals surface area contributed by atoms with E-state index in [0.29, 0.717) is 10.6 Å². The lowest BCUT2D eigenvalue weighted by molar-refractivity contribution is -0.123. The molecular formula is C19H21NO4S. The third kappa shape index (κ3) is 4.76. The van der Waals surface area contributed by atoms with Crippen LogP contribution in [0.4, 0.5) is 5.69 Å². The number of hydrogen-bond acceptors (Lipinski definition) is 4. The van der Waals surface area contributed by atoms with Crippen molar-refractivity contribution in [1.29, 1.82) is 0 Å². The van der Waals surface area contributed by atoms with Crippen molar-refractivity contribution in [3.8, 4) is 0 Å². The van der Waals surface area contributed by atoms with E-state index in [9.17, 15) is 13.8 Å². The fraction of sp³-hybridized carbons (Fsp3) is 0.263. The second-order valence-corrected chi connectivity index (χ2v) is 7.15. The lowest BCUT2D eigenvalue weighted by Crippen LogP contribution is -2.30. The van der Waals surface area contributed by atoms with Gasteiger partial charge in [-0.05, 0) is 50.1 Å². The summed E-state index contributed by atoms with van der Waals surface area (Å²) in [4.78, 5) is 25.0. The van der Waals surface area contributed by atoms with Crippen LogP contribution >= 0.6 is 0 Å². The van der Waals surface area contributed by atoms with E-state index < -0.39 is 28.8 Å². The van der Waals surface area contributed by atoms with Crippen LogP contribution in [0.1, 0.15) is 28.4 Å². The molecule has 0 aliphatic rings. The molecule has 0 bridgehead atoms.